The topological polar surface area (TPSA) is 107 Å². The number of fused-ring (bicyclic) bond motifs is 1. The van der Waals surface area contributed by atoms with E-state index >= 15 is 0 Å². The lowest BCUT2D eigenvalue weighted by Gasteiger charge is -2.40. The molecular weight excluding hydrogens is 539 g/mol. The first-order valence-corrected chi connectivity index (χ1v) is 19.9. The van der Waals surface area contributed by atoms with Crippen LogP contribution in [-0.4, -0.2) is 62.1 Å². The molecular formula is C29H47N5O4Si2. The van der Waals surface area contributed by atoms with E-state index in [1.54, 1.807) is 13.4 Å². The van der Waals surface area contributed by atoms with Gasteiger partial charge in [0.1, 0.15) is 29.3 Å². The van der Waals surface area contributed by atoms with Gasteiger partial charge in [-0.05, 0) is 60.5 Å². The van der Waals surface area contributed by atoms with E-state index in [0.29, 0.717) is 29.9 Å². The minimum atomic E-state index is -2.07. The first-order valence-electron chi connectivity index (χ1n) is 14.1. The molecule has 1 aliphatic rings. The molecule has 2 N–H and O–H groups in total. The van der Waals surface area contributed by atoms with Crippen molar-refractivity contribution < 1.29 is 18.3 Å². The van der Waals surface area contributed by atoms with Gasteiger partial charge in [0.25, 0.3) is 0 Å². The Morgan fingerprint density at radius 3 is 2.17 bits per heavy atom. The molecule has 220 valence electrons. The first-order chi connectivity index (χ1) is 18.4. The number of rotatable bonds is 8. The molecule has 0 bridgehead atoms. The summed E-state index contributed by atoms with van der Waals surface area (Å²) in [6.07, 6.45) is 1.83. The summed E-state index contributed by atoms with van der Waals surface area (Å²) in [7, 11) is -2.40. The number of ether oxygens (including phenoxy) is 2. The number of nitrogens with two attached hydrogens (primary N) is 1. The van der Waals surface area contributed by atoms with Crippen molar-refractivity contribution in [3.05, 3.63) is 30.6 Å². The van der Waals surface area contributed by atoms with E-state index in [-0.39, 0.29) is 34.5 Å². The van der Waals surface area contributed by atoms with E-state index < -0.39 is 16.6 Å². The minimum absolute atomic E-state index is 0.0760. The SMILES string of the molecule is COc1ccc(-c2nc(N)nc3c2ncn3[C@H]2C[C@H](O[Si](C)(C)C(C)(C)C)[C@@H](CO[Si](C)(C)C(C)(C)C)O2)cc1. The summed E-state index contributed by atoms with van der Waals surface area (Å²) in [5.41, 5.74) is 9.08. The number of nitrogen functional groups attached to an aromatic ring is 1. The van der Waals surface area contributed by atoms with Gasteiger partial charge >= 0.3 is 0 Å². The fourth-order valence-electron chi connectivity index (χ4n) is 4.30. The van der Waals surface area contributed by atoms with Gasteiger partial charge in [0.05, 0.1) is 26.1 Å². The molecule has 1 aliphatic heterocycles. The standard InChI is InChI=1S/C29H47N5O4Si2/c1-28(2,3)39(8,9)36-17-22-21(38-40(10,11)29(4,5)6)16-23(37-22)34-18-31-25-24(32-27(30)33-26(25)34)19-12-14-20(35-7)15-13-19/h12-15,18,21-23H,16-17H2,1-11H3,(H2,30,32,33)/t21-,22+,23+/m0/s1. The predicted molar refractivity (Wildman–Crippen MR) is 165 cm³/mol. The van der Waals surface area contributed by atoms with Crippen LogP contribution in [0.3, 0.4) is 0 Å². The highest BCUT2D eigenvalue weighted by Crippen LogP contribution is 2.43. The van der Waals surface area contributed by atoms with Crippen LogP contribution in [0.25, 0.3) is 22.4 Å². The van der Waals surface area contributed by atoms with Crippen molar-refractivity contribution >= 4 is 33.7 Å². The molecule has 4 rings (SSSR count). The van der Waals surface area contributed by atoms with Gasteiger partial charge in [0, 0.05) is 12.0 Å². The molecule has 0 spiro atoms. The molecule has 1 saturated heterocycles. The Balaban J connectivity index is 1.67. The number of hydrogen-bond acceptors (Lipinski definition) is 8. The lowest BCUT2D eigenvalue weighted by molar-refractivity contribution is -0.0383. The Kier molecular flexibility index (Phi) is 8.29. The maximum absolute atomic E-state index is 6.95. The van der Waals surface area contributed by atoms with Crippen LogP contribution in [0.15, 0.2) is 30.6 Å². The quantitative estimate of drug-likeness (QED) is 0.288. The molecule has 1 fully saturated rings. The summed E-state index contributed by atoms with van der Waals surface area (Å²) in [5.74, 6) is 0.954. The molecule has 0 saturated carbocycles. The molecule has 3 aromatic rings. The summed E-state index contributed by atoms with van der Waals surface area (Å²) in [6, 6.07) is 7.68. The van der Waals surface area contributed by atoms with E-state index in [0.717, 1.165) is 11.3 Å². The highest BCUT2D eigenvalue weighted by Gasteiger charge is 2.47. The lowest BCUT2D eigenvalue weighted by atomic mass is 10.1. The number of anilines is 1. The average molecular weight is 586 g/mol. The van der Waals surface area contributed by atoms with Crippen molar-refractivity contribution in [2.75, 3.05) is 19.5 Å². The summed E-state index contributed by atoms with van der Waals surface area (Å²) >= 11 is 0. The van der Waals surface area contributed by atoms with Gasteiger partial charge in [-0.1, -0.05) is 41.5 Å². The highest BCUT2D eigenvalue weighted by atomic mass is 28.4. The normalized spacial score (nSPS) is 20.8. The molecule has 0 unspecified atom stereocenters. The summed E-state index contributed by atoms with van der Waals surface area (Å²) in [6.45, 7) is 23.1. The number of hydrogen-bond donors (Lipinski definition) is 1. The lowest BCUT2D eigenvalue weighted by Crippen LogP contribution is -2.48. The van der Waals surface area contributed by atoms with Crippen LogP contribution in [0.4, 0.5) is 5.95 Å². The van der Waals surface area contributed by atoms with Crippen molar-refractivity contribution in [1.29, 1.82) is 0 Å². The molecule has 0 aliphatic carbocycles. The molecule has 3 atom stereocenters. The zero-order valence-corrected chi connectivity index (χ0v) is 28.0. The van der Waals surface area contributed by atoms with Crippen LogP contribution in [0.2, 0.25) is 36.3 Å². The molecule has 1 aromatic carbocycles. The fourth-order valence-corrected chi connectivity index (χ4v) is 6.67. The van der Waals surface area contributed by atoms with Gasteiger partial charge < -0.3 is 24.1 Å². The first kappa shape index (κ1) is 30.6. The summed E-state index contributed by atoms with van der Waals surface area (Å²) < 4.78 is 27.6. The molecule has 0 radical (unpaired) electrons. The number of aromatic nitrogens is 4. The van der Waals surface area contributed by atoms with Crippen molar-refractivity contribution in [3.63, 3.8) is 0 Å². The van der Waals surface area contributed by atoms with E-state index in [4.69, 9.17) is 29.0 Å². The highest BCUT2D eigenvalue weighted by molar-refractivity contribution is 6.74. The van der Waals surface area contributed by atoms with Gasteiger partial charge in [-0.15, -0.1) is 0 Å². The second kappa shape index (κ2) is 10.8. The van der Waals surface area contributed by atoms with Gasteiger partial charge in [-0.2, -0.15) is 4.98 Å². The fraction of sp³-hybridized carbons (Fsp3) is 0.621. The van der Waals surface area contributed by atoms with Crippen LogP contribution in [0.1, 0.15) is 54.2 Å². The number of nitrogens with zero attached hydrogens (tertiary/aromatic N) is 4. The van der Waals surface area contributed by atoms with Gasteiger partial charge in [-0.3, -0.25) is 4.57 Å². The van der Waals surface area contributed by atoms with E-state index in [1.807, 2.05) is 28.8 Å². The van der Waals surface area contributed by atoms with E-state index in [2.05, 4.69) is 77.7 Å². The van der Waals surface area contributed by atoms with Crippen LogP contribution >= 0.6 is 0 Å². The van der Waals surface area contributed by atoms with Crippen LogP contribution in [0, 0.1) is 0 Å². The third-order valence-corrected chi connectivity index (χ3v) is 18.0. The van der Waals surface area contributed by atoms with Crippen molar-refractivity contribution in [2.24, 2.45) is 0 Å². The average Bonchev–Trinajstić information content (AvgIpc) is 3.44. The zero-order valence-electron chi connectivity index (χ0n) is 26.0. The molecule has 9 nitrogen and oxygen atoms in total. The molecule has 3 heterocycles. The van der Waals surface area contributed by atoms with Crippen LogP contribution < -0.4 is 10.5 Å². The second-order valence-corrected chi connectivity index (χ2v) is 23.4. The minimum Gasteiger partial charge on any atom is -0.497 e. The Morgan fingerprint density at radius 2 is 1.60 bits per heavy atom. The van der Waals surface area contributed by atoms with Crippen molar-refractivity contribution in [3.8, 4) is 17.0 Å². The Morgan fingerprint density at radius 1 is 0.975 bits per heavy atom. The van der Waals surface area contributed by atoms with Gasteiger partial charge in [-0.25, -0.2) is 9.97 Å². The third kappa shape index (κ3) is 6.13. The number of methoxy groups -OCH3 is 1. The molecule has 11 heteroatoms. The molecule has 0 amide bonds. The monoisotopic (exact) mass is 585 g/mol. The zero-order chi connectivity index (χ0) is 29.7. The predicted octanol–water partition coefficient (Wildman–Crippen LogP) is 6.78. The second-order valence-electron chi connectivity index (χ2n) is 13.8. The largest absolute Gasteiger partial charge is 0.497 e. The van der Waals surface area contributed by atoms with Crippen LogP contribution in [0.5, 0.6) is 5.75 Å². The van der Waals surface area contributed by atoms with E-state index in [1.165, 1.54) is 0 Å². The molecule has 2 aromatic heterocycles. The van der Waals surface area contributed by atoms with E-state index in [9.17, 15) is 0 Å². The van der Waals surface area contributed by atoms with Crippen molar-refractivity contribution in [1.82, 2.24) is 19.5 Å². The maximum Gasteiger partial charge on any atom is 0.222 e. The van der Waals surface area contributed by atoms with Gasteiger partial charge in [0.2, 0.25) is 5.95 Å². The molecule has 40 heavy (non-hydrogen) atoms. The number of imidazole rings is 1. The van der Waals surface area contributed by atoms with Crippen LogP contribution in [-0.2, 0) is 13.6 Å². The van der Waals surface area contributed by atoms with Crippen molar-refractivity contribution in [2.45, 2.75) is 103 Å². The number of benzene rings is 1. The maximum atomic E-state index is 6.95. The Labute approximate surface area is 241 Å². The van der Waals surface area contributed by atoms with Gasteiger partial charge in [0.15, 0.2) is 22.3 Å². The Hall–Kier alpha value is -2.32. The Bertz CT molecular complexity index is 1330. The summed E-state index contributed by atoms with van der Waals surface area (Å²) in [5, 5.41) is 0.181. The smallest absolute Gasteiger partial charge is 0.222 e. The summed E-state index contributed by atoms with van der Waals surface area (Å²) in [4.78, 5) is 13.8. The third-order valence-electron chi connectivity index (χ3n) is 8.96.